The average molecular weight is 283 g/mol. The Labute approximate surface area is 119 Å². The Bertz CT molecular complexity index is 367. The summed E-state index contributed by atoms with van der Waals surface area (Å²) >= 11 is 0. The van der Waals surface area contributed by atoms with E-state index in [9.17, 15) is 4.79 Å². The maximum absolute atomic E-state index is 12.3. The van der Waals surface area contributed by atoms with Crippen molar-refractivity contribution in [3.63, 3.8) is 0 Å². The molecule has 2 aliphatic rings. The summed E-state index contributed by atoms with van der Waals surface area (Å²) in [4.78, 5) is 14.1. The van der Waals surface area contributed by atoms with E-state index in [1.807, 2.05) is 11.8 Å². The summed E-state index contributed by atoms with van der Waals surface area (Å²) in [6.45, 7) is 4.12. The SMILES string of the molecule is CCOC1CC(CC(=O)N2CCCC(C(N)=NO)C2)C1. The molecule has 0 spiro atoms. The van der Waals surface area contributed by atoms with E-state index in [1.54, 1.807) is 0 Å². The number of oxime groups is 1. The van der Waals surface area contributed by atoms with Crippen molar-refractivity contribution in [1.29, 1.82) is 0 Å². The molecular weight excluding hydrogens is 258 g/mol. The molecule has 3 N–H and O–H groups in total. The molecule has 1 aliphatic heterocycles. The fourth-order valence-corrected chi connectivity index (χ4v) is 3.12. The number of nitrogens with two attached hydrogens (primary N) is 1. The number of nitrogens with zero attached hydrogens (tertiary/aromatic N) is 2. The summed E-state index contributed by atoms with van der Waals surface area (Å²) in [5, 5.41) is 11.8. The van der Waals surface area contributed by atoms with E-state index in [2.05, 4.69) is 5.16 Å². The third-order valence-electron chi connectivity index (χ3n) is 4.37. The Morgan fingerprint density at radius 1 is 1.50 bits per heavy atom. The quantitative estimate of drug-likeness (QED) is 0.343. The number of rotatable bonds is 5. The number of ether oxygens (including phenoxy) is 1. The molecule has 1 aliphatic carbocycles. The van der Waals surface area contributed by atoms with Crippen LogP contribution < -0.4 is 5.73 Å². The summed E-state index contributed by atoms with van der Waals surface area (Å²) in [5.74, 6) is 0.890. The zero-order valence-electron chi connectivity index (χ0n) is 12.1. The molecular formula is C14H25N3O3. The zero-order valence-corrected chi connectivity index (χ0v) is 12.1. The molecule has 6 heteroatoms. The first-order valence-corrected chi connectivity index (χ1v) is 7.50. The molecule has 0 aromatic heterocycles. The average Bonchev–Trinajstić information content (AvgIpc) is 2.44. The van der Waals surface area contributed by atoms with Crippen molar-refractivity contribution in [2.24, 2.45) is 22.7 Å². The normalized spacial score (nSPS) is 30.9. The van der Waals surface area contributed by atoms with Crippen LogP contribution in [0.2, 0.25) is 0 Å². The van der Waals surface area contributed by atoms with E-state index in [-0.39, 0.29) is 17.7 Å². The van der Waals surface area contributed by atoms with Gasteiger partial charge in [-0.15, -0.1) is 0 Å². The number of amides is 1. The zero-order chi connectivity index (χ0) is 14.5. The largest absolute Gasteiger partial charge is 0.409 e. The topological polar surface area (TPSA) is 88.2 Å². The number of hydrogen-bond donors (Lipinski definition) is 2. The number of piperidine rings is 1. The third kappa shape index (κ3) is 3.62. The molecule has 1 atom stereocenters. The van der Waals surface area contributed by atoms with Crippen molar-refractivity contribution >= 4 is 11.7 Å². The van der Waals surface area contributed by atoms with Gasteiger partial charge in [-0.2, -0.15) is 0 Å². The molecule has 1 saturated carbocycles. The van der Waals surface area contributed by atoms with Crippen LogP contribution in [0.5, 0.6) is 0 Å². The summed E-state index contributed by atoms with van der Waals surface area (Å²) < 4.78 is 5.51. The maximum Gasteiger partial charge on any atom is 0.222 e. The van der Waals surface area contributed by atoms with Gasteiger partial charge in [0.2, 0.25) is 5.91 Å². The minimum absolute atomic E-state index is 0.00439. The molecule has 0 bridgehead atoms. The Hall–Kier alpha value is -1.30. The van der Waals surface area contributed by atoms with Crippen molar-refractivity contribution in [1.82, 2.24) is 4.90 Å². The highest BCUT2D eigenvalue weighted by molar-refractivity contribution is 5.84. The lowest BCUT2D eigenvalue weighted by atomic mass is 9.79. The molecule has 0 aromatic carbocycles. The highest BCUT2D eigenvalue weighted by atomic mass is 16.5. The maximum atomic E-state index is 12.3. The number of likely N-dealkylation sites (tertiary alicyclic amines) is 1. The molecule has 2 rings (SSSR count). The first-order valence-electron chi connectivity index (χ1n) is 7.50. The number of amidine groups is 1. The Morgan fingerprint density at radius 3 is 2.90 bits per heavy atom. The van der Waals surface area contributed by atoms with Crippen molar-refractivity contribution in [2.45, 2.75) is 45.1 Å². The molecule has 1 saturated heterocycles. The van der Waals surface area contributed by atoms with Gasteiger partial charge in [-0.25, -0.2) is 0 Å². The molecule has 1 unspecified atom stereocenters. The minimum atomic E-state index is -0.00439. The van der Waals surface area contributed by atoms with Crippen LogP contribution in [0, 0.1) is 11.8 Å². The first-order chi connectivity index (χ1) is 9.63. The highest BCUT2D eigenvalue weighted by Gasteiger charge is 2.33. The lowest BCUT2D eigenvalue weighted by Crippen LogP contribution is -2.45. The van der Waals surface area contributed by atoms with Crippen molar-refractivity contribution in [3.8, 4) is 0 Å². The molecule has 2 fully saturated rings. The van der Waals surface area contributed by atoms with Gasteiger partial charge in [-0.05, 0) is 38.5 Å². The number of hydrogen-bond acceptors (Lipinski definition) is 4. The van der Waals surface area contributed by atoms with Gasteiger partial charge in [0.15, 0.2) is 0 Å². The van der Waals surface area contributed by atoms with Gasteiger partial charge in [0.05, 0.1) is 6.10 Å². The Balaban J connectivity index is 1.75. The standard InChI is InChI=1S/C14H25N3O3/c1-2-20-12-6-10(7-12)8-13(18)17-5-3-4-11(9-17)14(15)16-19/h10-12,19H,2-9H2,1H3,(H2,15,16). The first kappa shape index (κ1) is 15.1. The van der Waals surface area contributed by atoms with Crippen LogP contribution in [0.1, 0.15) is 39.0 Å². The predicted molar refractivity (Wildman–Crippen MR) is 75.5 cm³/mol. The second-order valence-corrected chi connectivity index (χ2v) is 5.82. The van der Waals surface area contributed by atoms with Gasteiger partial charge in [-0.3, -0.25) is 4.79 Å². The molecule has 20 heavy (non-hydrogen) atoms. The van der Waals surface area contributed by atoms with E-state index in [0.29, 0.717) is 25.0 Å². The third-order valence-corrected chi connectivity index (χ3v) is 4.37. The Kier molecular flexibility index (Phi) is 5.23. The molecule has 1 heterocycles. The second kappa shape index (κ2) is 6.92. The fraction of sp³-hybridized carbons (Fsp3) is 0.857. The van der Waals surface area contributed by atoms with Crippen LogP contribution in [0.15, 0.2) is 5.16 Å². The van der Waals surface area contributed by atoms with E-state index in [4.69, 9.17) is 15.7 Å². The summed E-state index contributed by atoms with van der Waals surface area (Å²) in [6.07, 6.45) is 4.75. The molecule has 0 radical (unpaired) electrons. The van der Waals surface area contributed by atoms with E-state index < -0.39 is 0 Å². The lowest BCUT2D eigenvalue weighted by Gasteiger charge is -2.37. The second-order valence-electron chi connectivity index (χ2n) is 5.82. The van der Waals surface area contributed by atoms with E-state index in [0.717, 1.165) is 38.8 Å². The number of carbonyl (C=O) groups excluding carboxylic acids is 1. The van der Waals surface area contributed by atoms with Crippen LogP contribution in [-0.4, -0.2) is 47.7 Å². The molecule has 114 valence electrons. The lowest BCUT2D eigenvalue weighted by molar-refractivity contribution is -0.135. The highest BCUT2D eigenvalue weighted by Crippen LogP contribution is 2.33. The van der Waals surface area contributed by atoms with Crippen molar-refractivity contribution < 1.29 is 14.7 Å². The van der Waals surface area contributed by atoms with Gasteiger partial charge in [-0.1, -0.05) is 5.16 Å². The van der Waals surface area contributed by atoms with Crippen LogP contribution >= 0.6 is 0 Å². The van der Waals surface area contributed by atoms with Crippen LogP contribution in [0.25, 0.3) is 0 Å². The monoisotopic (exact) mass is 283 g/mol. The van der Waals surface area contributed by atoms with Gasteiger partial charge >= 0.3 is 0 Å². The molecule has 0 aromatic rings. The van der Waals surface area contributed by atoms with Crippen LogP contribution in [0.4, 0.5) is 0 Å². The fourth-order valence-electron chi connectivity index (χ4n) is 3.12. The predicted octanol–water partition coefficient (Wildman–Crippen LogP) is 1.18. The summed E-state index contributed by atoms with van der Waals surface area (Å²) in [5.41, 5.74) is 5.65. The van der Waals surface area contributed by atoms with Gasteiger partial charge in [0, 0.05) is 32.0 Å². The van der Waals surface area contributed by atoms with E-state index in [1.165, 1.54) is 0 Å². The van der Waals surface area contributed by atoms with Gasteiger partial charge in [0.25, 0.3) is 0 Å². The van der Waals surface area contributed by atoms with Gasteiger partial charge in [0.1, 0.15) is 5.84 Å². The van der Waals surface area contributed by atoms with Crippen molar-refractivity contribution in [2.75, 3.05) is 19.7 Å². The molecule has 1 amide bonds. The van der Waals surface area contributed by atoms with Crippen LogP contribution in [-0.2, 0) is 9.53 Å². The van der Waals surface area contributed by atoms with Crippen LogP contribution in [0.3, 0.4) is 0 Å². The molecule has 6 nitrogen and oxygen atoms in total. The van der Waals surface area contributed by atoms with Crippen molar-refractivity contribution in [3.05, 3.63) is 0 Å². The summed E-state index contributed by atoms with van der Waals surface area (Å²) in [6, 6.07) is 0. The van der Waals surface area contributed by atoms with Gasteiger partial charge < -0.3 is 20.6 Å². The Morgan fingerprint density at radius 2 is 2.25 bits per heavy atom. The smallest absolute Gasteiger partial charge is 0.222 e. The minimum Gasteiger partial charge on any atom is -0.409 e. The number of carbonyl (C=O) groups is 1. The van der Waals surface area contributed by atoms with E-state index >= 15 is 0 Å². The summed E-state index contributed by atoms with van der Waals surface area (Å²) in [7, 11) is 0.